The Labute approximate surface area is 78.0 Å². The van der Waals surface area contributed by atoms with Gasteiger partial charge in [0.1, 0.15) is 11.4 Å². The second-order valence-electron chi connectivity index (χ2n) is 4.37. The third kappa shape index (κ3) is 1.27. The van der Waals surface area contributed by atoms with Crippen molar-refractivity contribution < 1.29 is 14.9 Å². The fourth-order valence-corrected chi connectivity index (χ4v) is 2.13. The predicted octanol–water partition coefficient (Wildman–Crippen LogP) is 1.16. The van der Waals surface area contributed by atoms with E-state index in [1.807, 2.05) is 0 Å². The second-order valence-corrected chi connectivity index (χ2v) is 4.37. The minimum Gasteiger partial charge on any atom is -0.466 e. The third-order valence-electron chi connectivity index (χ3n) is 3.10. The molecule has 0 bridgehead atoms. The molecule has 3 atom stereocenters. The lowest BCUT2D eigenvalue weighted by Gasteiger charge is -2.24. The number of aliphatic hydroxyl groups is 2. The van der Waals surface area contributed by atoms with Crippen molar-refractivity contribution in [2.75, 3.05) is 0 Å². The lowest BCUT2D eigenvalue weighted by molar-refractivity contribution is -0.146. The maximum absolute atomic E-state index is 9.91. The summed E-state index contributed by atoms with van der Waals surface area (Å²) in [5, 5.41) is 19.4. The van der Waals surface area contributed by atoms with E-state index in [0.717, 1.165) is 30.6 Å². The molecule has 0 saturated heterocycles. The molecule has 0 radical (unpaired) electrons. The molecule has 1 heterocycles. The second kappa shape index (κ2) is 2.72. The molecule has 0 saturated carbocycles. The van der Waals surface area contributed by atoms with Crippen LogP contribution < -0.4 is 0 Å². The van der Waals surface area contributed by atoms with Gasteiger partial charge in [0.25, 0.3) is 0 Å². The summed E-state index contributed by atoms with van der Waals surface area (Å²) in [5.74, 6) is 1.41. The molecule has 1 aliphatic heterocycles. The first kappa shape index (κ1) is 9.03. The highest BCUT2D eigenvalue weighted by molar-refractivity contribution is 5.27. The van der Waals surface area contributed by atoms with Gasteiger partial charge in [0.05, 0.1) is 0 Å². The number of ether oxygens (including phenoxy) is 1. The smallest absolute Gasteiger partial charge is 0.229 e. The van der Waals surface area contributed by atoms with Gasteiger partial charge in [-0.2, -0.15) is 0 Å². The zero-order valence-electron chi connectivity index (χ0n) is 8.08. The van der Waals surface area contributed by atoms with E-state index in [4.69, 9.17) is 4.74 Å². The van der Waals surface area contributed by atoms with E-state index in [-0.39, 0.29) is 0 Å². The maximum atomic E-state index is 9.91. The standard InChI is InChI=1S/C10H16O3/c1-6-3-4-7-8(5-6)13-9(11)10(7,2)12/h6,9,11-12H,3-5H2,1-2H3. The van der Waals surface area contributed by atoms with Gasteiger partial charge in [-0.1, -0.05) is 6.92 Å². The van der Waals surface area contributed by atoms with Crippen LogP contribution in [0.1, 0.15) is 33.1 Å². The Morgan fingerprint density at radius 1 is 1.54 bits per heavy atom. The van der Waals surface area contributed by atoms with E-state index in [2.05, 4.69) is 6.92 Å². The lowest BCUT2D eigenvalue weighted by Crippen LogP contribution is -2.37. The van der Waals surface area contributed by atoms with Crippen molar-refractivity contribution in [2.45, 2.75) is 45.0 Å². The SMILES string of the molecule is CC1CCC2=C(C1)OC(O)C2(C)O. The molecule has 2 rings (SSSR count). The van der Waals surface area contributed by atoms with Crippen LogP contribution in [0.25, 0.3) is 0 Å². The summed E-state index contributed by atoms with van der Waals surface area (Å²) < 4.78 is 5.24. The van der Waals surface area contributed by atoms with Gasteiger partial charge < -0.3 is 14.9 Å². The number of rotatable bonds is 0. The van der Waals surface area contributed by atoms with Gasteiger partial charge in [-0.25, -0.2) is 0 Å². The summed E-state index contributed by atoms with van der Waals surface area (Å²) in [4.78, 5) is 0. The fourth-order valence-electron chi connectivity index (χ4n) is 2.13. The Balaban J connectivity index is 2.28. The van der Waals surface area contributed by atoms with E-state index in [1.54, 1.807) is 6.92 Å². The highest BCUT2D eigenvalue weighted by atomic mass is 16.6. The van der Waals surface area contributed by atoms with Gasteiger partial charge in [0.2, 0.25) is 6.29 Å². The van der Waals surface area contributed by atoms with Crippen molar-refractivity contribution in [3.05, 3.63) is 11.3 Å². The van der Waals surface area contributed by atoms with Crippen molar-refractivity contribution in [2.24, 2.45) is 5.92 Å². The molecule has 13 heavy (non-hydrogen) atoms. The number of aliphatic hydroxyl groups excluding tert-OH is 1. The van der Waals surface area contributed by atoms with Crippen LogP contribution in [0.15, 0.2) is 11.3 Å². The summed E-state index contributed by atoms with van der Waals surface area (Å²) in [7, 11) is 0. The lowest BCUT2D eigenvalue weighted by atomic mass is 9.83. The van der Waals surface area contributed by atoms with Gasteiger partial charge in [0.15, 0.2) is 0 Å². The summed E-state index contributed by atoms with van der Waals surface area (Å²) in [5.41, 5.74) is -0.256. The molecule has 0 aromatic heterocycles. The molecule has 3 nitrogen and oxygen atoms in total. The zero-order valence-corrected chi connectivity index (χ0v) is 8.08. The molecule has 2 N–H and O–H groups in total. The molecule has 3 heteroatoms. The van der Waals surface area contributed by atoms with Crippen molar-refractivity contribution in [1.29, 1.82) is 0 Å². The summed E-state index contributed by atoms with van der Waals surface area (Å²) in [6.07, 6.45) is 1.71. The molecule has 0 spiro atoms. The summed E-state index contributed by atoms with van der Waals surface area (Å²) in [6.45, 7) is 3.78. The molecule has 0 amide bonds. The largest absolute Gasteiger partial charge is 0.466 e. The average molecular weight is 184 g/mol. The maximum Gasteiger partial charge on any atom is 0.229 e. The van der Waals surface area contributed by atoms with Crippen molar-refractivity contribution >= 4 is 0 Å². The van der Waals surface area contributed by atoms with Crippen LogP contribution in [0.5, 0.6) is 0 Å². The molecule has 0 fully saturated rings. The topological polar surface area (TPSA) is 49.7 Å². The average Bonchev–Trinajstić information content (AvgIpc) is 2.23. The molecule has 0 aromatic carbocycles. The molecular weight excluding hydrogens is 168 g/mol. The van der Waals surface area contributed by atoms with E-state index >= 15 is 0 Å². The third-order valence-corrected chi connectivity index (χ3v) is 3.10. The minimum absolute atomic E-state index is 0.597. The van der Waals surface area contributed by atoms with Gasteiger partial charge >= 0.3 is 0 Å². The summed E-state index contributed by atoms with van der Waals surface area (Å²) in [6, 6.07) is 0. The Kier molecular flexibility index (Phi) is 1.89. The highest BCUT2D eigenvalue weighted by Crippen LogP contribution is 2.43. The molecular formula is C10H16O3. The van der Waals surface area contributed by atoms with Crippen molar-refractivity contribution in [3.63, 3.8) is 0 Å². The van der Waals surface area contributed by atoms with Crippen LogP contribution in [-0.4, -0.2) is 22.1 Å². The Bertz CT molecular complexity index is 255. The van der Waals surface area contributed by atoms with Crippen LogP contribution in [0.4, 0.5) is 0 Å². The van der Waals surface area contributed by atoms with E-state index in [0.29, 0.717) is 5.92 Å². The van der Waals surface area contributed by atoms with E-state index in [9.17, 15) is 10.2 Å². The first-order chi connectivity index (χ1) is 6.01. The number of hydrogen-bond donors (Lipinski definition) is 2. The van der Waals surface area contributed by atoms with E-state index < -0.39 is 11.9 Å². The summed E-state index contributed by atoms with van der Waals surface area (Å²) >= 11 is 0. The number of allylic oxidation sites excluding steroid dienone is 1. The van der Waals surface area contributed by atoms with Gasteiger partial charge in [0, 0.05) is 12.0 Å². The molecule has 1 aliphatic carbocycles. The van der Waals surface area contributed by atoms with Gasteiger partial charge in [-0.15, -0.1) is 0 Å². The van der Waals surface area contributed by atoms with Gasteiger partial charge in [-0.3, -0.25) is 0 Å². The van der Waals surface area contributed by atoms with Crippen LogP contribution in [0.3, 0.4) is 0 Å². The van der Waals surface area contributed by atoms with Gasteiger partial charge in [-0.05, 0) is 25.7 Å². The first-order valence-corrected chi connectivity index (χ1v) is 4.81. The van der Waals surface area contributed by atoms with Crippen LogP contribution in [-0.2, 0) is 4.74 Å². The van der Waals surface area contributed by atoms with Crippen LogP contribution in [0.2, 0.25) is 0 Å². The van der Waals surface area contributed by atoms with Crippen molar-refractivity contribution in [1.82, 2.24) is 0 Å². The molecule has 74 valence electrons. The quantitative estimate of drug-likeness (QED) is 0.594. The monoisotopic (exact) mass is 184 g/mol. The molecule has 2 aliphatic rings. The fraction of sp³-hybridized carbons (Fsp3) is 0.800. The Morgan fingerprint density at radius 3 is 2.92 bits per heavy atom. The van der Waals surface area contributed by atoms with E-state index in [1.165, 1.54) is 0 Å². The normalized spacial score (nSPS) is 44.6. The molecule has 3 unspecified atom stereocenters. The first-order valence-electron chi connectivity index (χ1n) is 4.81. The minimum atomic E-state index is -1.16. The highest BCUT2D eigenvalue weighted by Gasteiger charge is 2.46. The molecule has 0 aromatic rings. The Hall–Kier alpha value is -0.540. The Morgan fingerprint density at radius 2 is 2.23 bits per heavy atom. The van der Waals surface area contributed by atoms with Crippen LogP contribution in [0, 0.1) is 5.92 Å². The van der Waals surface area contributed by atoms with Crippen molar-refractivity contribution in [3.8, 4) is 0 Å². The number of hydrogen-bond acceptors (Lipinski definition) is 3. The van der Waals surface area contributed by atoms with Crippen LogP contribution >= 0.6 is 0 Å². The predicted molar refractivity (Wildman–Crippen MR) is 47.8 cm³/mol. The zero-order chi connectivity index (χ0) is 9.64.